The molecule has 2 aromatic rings. The lowest BCUT2D eigenvalue weighted by Crippen LogP contribution is -2.21. The van der Waals surface area contributed by atoms with Crippen LogP contribution in [0.4, 0.5) is 11.4 Å². The van der Waals surface area contributed by atoms with Crippen LogP contribution >= 0.6 is 12.2 Å². The summed E-state index contributed by atoms with van der Waals surface area (Å²) in [5, 5.41) is 9.18. The predicted octanol–water partition coefficient (Wildman–Crippen LogP) is 2.24. The smallest absolute Gasteiger partial charge is 0.273 e. The first-order valence-corrected chi connectivity index (χ1v) is 8.27. The normalized spacial score (nSPS) is 10.4. The standard InChI is InChI=1S/C16H21N5O2S/c1-3-21(4-2)12-7-5-11(6-8-12)17-14(22)10-9-13-15(23)18-16(24)20-19-13/h5-8H,3-4,9-10H2,1-2H3,(H,17,22)(H2,18,20,23,24). The van der Waals surface area contributed by atoms with Crippen LogP contribution in [0, 0.1) is 4.77 Å². The summed E-state index contributed by atoms with van der Waals surface area (Å²) < 4.78 is 0.168. The van der Waals surface area contributed by atoms with Crippen LogP contribution in [0.3, 0.4) is 0 Å². The van der Waals surface area contributed by atoms with Crippen molar-refractivity contribution >= 4 is 29.5 Å². The first-order valence-electron chi connectivity index (χ1n) is 7.86. The maximum Gasteiger partial charge on any atom is 0.273 e. The minimum Gasteiger partial charge on any atom is -0.372 e. The number of aromatic nitrogens is 3. The Bertz CT molecular complexity index is 793. The molecule has 0 fully saturated rings. The molecule has 7 nitrogen and oxygen atoms in total. The lowest BCUT2D eigenvalue weighted by Gasteiger charge is -2.21. The molecule has 0 unspecified atom stereocenters. The van der Waals surface area contributed by atoms with Crippen molar-refractivity contribution < 1.29 is 4.79 Å². The molecule has 0 aliphatic carbocycles. The summed E-state index contributed by atoms with van der Waals surface area (Å²) >= 11 is 4.77. The Morgan fingerprint density at radius 1 is 1.25 bits per heavy atom. The molecule has 0 saturated carbocycles. The summed E-state index contributed by atoms with van der Waals surface area (Å²) in [5.74, 6) is -0.172. The van der Waals surface area contributed by atoms with Gasteiger partial charge in [0.1, 0.15) is 5.69 Å². The Morgan fingerprint density at radius 2 is 1.92 bits per heavy atom. The Hall–Kier alpha value is -2.48. The summed E-state index contributed by atoms with van der Waals surface area (Å²) in [6.45, 7) is 6.07. The van der Waals surface area contributed by atoms with Gasteiger partial charge in [0.25, 0.3) is 5.56 Å². The average molecular weight is 347 g/mol. The second-order valence-electron chi connectivity index (χ2n) is 5.22. The van der Waals surface area contributed by atoms with Gasteiger partial charge in [0, 0.05) is 37.3 Å². The van der Waals surface area contributed by atoms with Gasteiger partial charge in [-0.15, -0.1) is 0 Å². The molecule has 1 aromatic heterocycles. The summed E-state index contributed by atoms with van der Waals surface area (Å²) in [7, 11) is 0. The van der Waals surface area contributed by atoms with Crippen LogP contribution in [0.2, 0.25) is 0 Å². The summed E-state index contributed by atoms with van der Waals surface area (Å²) in [6.07, 6.45) is 0.406. The van der Waals surface area contributed by atoms with Gasteiger partial charge in [-0.2, -0.15) is 5.10 Å². The van der Waals surface area contributed by atoms with E-state index in [1.807, 2.05) is 24.3 Å². The molecule has 1 amide bonds. The summed E-state index contributed by atoms with van der Waals surface area (Å²) in [4.78, 5) is 28.3. The average Bonchev–Trinajstić information content (AvgIpc) is 2.56. The van der Waals surface area contributed by atoms with Crippen LogP contribution in [0.15, 0.2) is 29.1 Å². The molecule has 24 heavy (non-hydrogen) atoms. The zero-order valence-corrected chi connectivity index (χ0v) is 14.6. The van der Waals surface area contributed by atoms with Gasteiger partial charge in [0.05, 0.1) is 0 Å². The number of H-pyrrole nitrogens is 2. The maximum absolute atomic E-state index is 12.0. The zero-order chi connectivity index (χ0) is 17.5. The maximum atomic E-state index is 12.0. The molecular formula is C16H21N5O2S. The van der Waals surface area contributed by atoms with Gasteiger partial charge in [-0.25, -0.2) is 0 Å². The van der Waals surface area contributed by atoms with E-state index in [0.717, 1.165) is 24.5 Å². The van der Waals surface area contributed by atoms with Crippen molar-refractivity contribution in [2.75, 3.05) is 23.3 Å². The van der Waals surface area contributed by atoms with E-state index >= 15 is 0 Å². The van der Waals surface area contributed by atoms with Crippen LogP contribution in [0.1, 0.15) is 26.0 Å². The first-order chi connectivity index (χ1) is 11.5. The topological polar surface area (TPSA) is 93.9 Å². The second kappa shape index (κ2) is 8.39. The fourth-order valence-electron chi connectivity index (χ4n) is 2.34. The molecule has 3 N–H and O–H groups in total. The highest BCUT2D eigenvalue weighted by molar-refractivity contribution is 7.71. The van der Waals surface area contributed by atoms with Crippen molar-refractivity contribution in [3.8, 4) is 0 Å². The van der Waals surface area contributed by atoms with Crippen molar-refractivity contribution in [3.63, 3.8) is 0 Å². The number of nitrogens with zero attached hydrogens (tertiary/aromatic N) is 2. The largest absolute Gasteiger partial charge is 0.372 e. The number of amides is 1. The molecule has 2 rings (SSSR count). The van der Waals surface area contributed by atoms with E-state index in [0.29, 0.717) is 0 Å². The minimum absolute atomic E-state index is 0.165. The van der Waals surface area contributed by atoms with E-state index in [4.69, 9.17) is 12.2 Å². The fourth-order valence-corrected chi connectivity index (χ4v) is 2.48. The second-order valence-corrected chi connectivity index (χ2v) is 5.63. The molecular weight excluding hydrogens is 326 g/mol. The lowest BCUT2D eigenvalue weighted by atomic mass is 10.2. The van der Waals surface area contributed by atoms with Crippen molar-refractivity contribution in [1.29, 1.82) is 0 Å². The zero-order valence-electron chi connectivity index (χ0n) is 13.8. The van der Waals surface area contributed by atoms with Crippen molar-refractivity contribution in [2.45, 2.75) is 26.7 Å². The number of aromatic amines is 2. The van der Waals surface area contributed by atoms with Gasteiger partial charge in [0.2, 0.25) is 5.91 Å². The third-order valence-corrected chi connectivity index (χ3v) is 3.84. The van der Waals surface area contributed by atoms with Gasteiger partial charge in [0.15, 0.2) is 4.77 Å². The Balaban J connectivity index is 1.92. The fraction of sp³-hybridized carbons (Fsp3) is 0.375. The number of rotatable bonds is 7. The first kappa shape index (κ1) is 17.9. The van der Waals surface area contributed by atoms with E-state index in [2.05, 4.69) is 39.2 Å². The predicted molar refractivity (Wildman–Crippen MR) is 97.0 cm³/mol. The van der Waals surface area contributed by atoms with E-state index in [-0.39, 0.29) is 34.8 Å². The van der Waals surface area contributed by atoms with Crippen molar-refractivity contribution in [2.24, 2.45) is 0 Å². The van der Waals surface area contributed by atoms with Gasteiger partial charge >= 0.3 is 0 Å². The number of hydrogen-bond donors (Lipinski definition) is 3. The van der Waals surface area contributed by atoms with Crippen LogP contribution in [-0.2, 0) is 11.2 Å². The monoisotopic (exact) mass is 347 g/mol. The van der Waals surface area contributed by atoms with Gasteiger partial charge in [-0.1, -0.05) is 0 Å². The number of carbonyl (C=O) groups is 1. The quantitative estimate of drug-likeness (QED) is 0.668. The highest BCUT2D eigenvalue weighted by atomic mass is 32.1. The van der Waals surface area contributed by atoms with Gasteiger partial charge in [-0.05, 0) is 50.3 Å². The molecule has 0 bridgehead atoms. The highest BCUT2D eigenvalue weighted by Crippen LogP contribution is 2.17. The number of nitrogens with one attached hydrogen (secondary N) is 3. The molecule has 1 aromatic carbocycles. The third kappa shape index (κ3) is 4.76. The van der Waals surface area contributed by atoms with Crippen molar-refractivity contribution in [3.05, 3.63) is 45.1 Å². The number of carbonyl (C=O) groups excluding carboxylic acids is 1. The molecule has 0 atom stereocenters. The number of anilines is 2. The molecule has 1 heterocycles. The molecule has 0 radical (unpaired) electrons. The van der Waals surface area contributed by atoms with E-state index in [1.165, 1.54) is 0 Å². The van der Waals surface area contributed by atoms with Gasteiger partial charge < -0.3 is 10.2 Å². The third-order valence-electron chi connectivity index (χ3n) is 3.65. The molecule has 8 heteroatoms. The molecule has 0 aliphatic rings. The minimum atomic E-state index is -0.366. The Morgan fingerprint density at radius 3 is 2.50 bits per heavy atom. The van der Waals surface area contributed by atoms with Crippen LogP contribution in [0.5, 0.6) is 0 Å². The Kier molecular flexibility index (Phi) is 6.25. The van der Waals surface area contributed by atoms with E-state index in [9.17, 15) is 9.59 Å². The van der Waals surface area contributed by atoms with Crippen molar-refractivity contribution in [1.82, 2.24) is 15.2 Å². The summed E-state index contributed by atoms with van der Waals surface area (Å²) in [5.41, 5.74) is 1.74. The number of hydrogen-bond acceptors (Lipinski definition) is 5. The lowest BCUT2D eigenvalue weighted by molar-refractivity contribution is -0.116. The Labute approximate surface area is 145 Å². The number of aryl methyl sites for hydroxylation is 1. The van der Waals surface area contributed by atoms with Crippen LogP contribution < -0.4 is 15.8 Å². The molecule has 128 valence electrons. The summed E-state index contributed by atoms with van der Waals surface area (Å²) in [6, 6.07) is 7.70. The molecule has 0 aliphatic heterocycles. The molecule has 0 spiro atoms. The van der Waals surface area contributed by atoms with Gasteiger partial charge in [-0.3, -0.25) is 19.7 Å². The van der Waals surface area contributed by atoms with Crippen LogP contribution in [-0.4, -0.2) is 34.2 Å². The SMILES string of the molecule is CCN(CC)c1ccc(NC(=O)CCc2n[nH]c(=S)[nH]c2=O)cc1. The highest BCUT2D eigenvalue weighted by Gasteiger charge is 2.08. The number of benzene rings is 1. The molecule has 0 saturated heterocycles. The van der Waals surface area contributed by atoms with Crippen LogP contribution in [0.25, 0.3) is 0 Å². The van der Waals surface area contributed by atoms with E-state index in [1.54, 1.807) is 0 Å². The van der Waals surface area contributed by atoms with E-state index < -0.39 is 0 Å².